The third-order valence-electron chi connectivity index (χ3n) is 3.43. The van der Waals surface area contributed by atoms with Gasteiger partial charge in [-0.15, -0.1) is 0 Å². The van der Waals surface area contributed by atoms with Gasteiger partial charge in [-0.3, -0.25) is 0 Å². The Hall–Kier alpha value is -2.42. The van der Waals surface area contributed by atoms with Gasteiger partial charge in [-0.05, 0) is 23.8 Å². The van der Waals surface area contributed by atoms with E-state index in [1.54, 1.807) is 0 Å². The highest BCUT2D eigenvalue weighted by molar-refractivity contribution is 5.83. The van der Waals surface area contributed by atoms with Crippen LogP contribution >= 0.6 is 0 Å². The molecule has 0 unspecified atom stereocenters. The van der Waals surface area contributed by atoms with E-state index in [1.165, 1.54) is 16.5 Å². The largest absolute Gasteiger partial charge is 0.397 e. The topological polar surface area (TPSA) is 45.0 Å². The summed E-state index contributed by atoms with van der Waals surface area (Å²) in [6.07, 6.45) is 2.07. The Balaban J connectivity index is 1.91. The maximum absolute atomic E-state index is 6.01. The highest BCUT2D eigenvalue weighted by atomic mass is 15.1. The van der Waals surface area contributed by atoms with Gasteiger partial charge in [0.1, 0.15) is 0 Å². The Morgan fingerprint density at radius 2 is 1.79 bits per heavy atom. The quantitative estimate of drug-likeness (QED) is 0.701. The van der Waals surface area contributed by atoms with Crippen molar-refractivity contribution in [1.29, 1.82) is 0 Å². The van der Waals surface area contributed by atoms with Crippen molar-refractivity contribution in [3.63, 3.8) is 0 Å². The van der Waals surface area contributed by atoms with Gasteiger partial charge in [0.05, 0.1) is 11.4 Å². The van der Waals surface area contributed by atoms with Crippen molar-refractivity contribution >= 4 is 22.3 Å². The maximum atomic E-state index is 6.01. The second-order valence-electron chi connectivity index (χ2n) is 4.77. The molecule has 2 aromatic carbocycles. The summed E-state index contributed by atoms with van der Waals surface area (Å²) in [5.41, 5.74) is 10.3. The summed E-state index contributed by atoms with van der Waals surface area (Å²) in [6, 6.07) is 16.3. The molecule has 3 nitrogen and oxygen atoms in total. The minimum absolute atomic E-state index is 0.810. The molecule has 0 aliphatic rings. The molecule has 0 saturated heterocycles. The van der Waals surface area contributed by atoms with Gasteiger partial charge in [-0.1, -0.05) is 30.3 Å². The molecule has 1 aromatic heterocycles. The van der Waals surface area contributed by atoms with Gasteiger partial charge in [-0.2, -0.15) is 0 Å². The van der Waals surface area contributed by atoms with Crippen molar-refractivity contribution < 1.29 is 0 Å². The van der Waals surface area contributed by atoms with Crippen molar-refractivity contribution in [2.45, 2.75) is 6.54 Å². The Labute approximate surface area is 112 Å². The van der Waals surface area contributed by atoms with E-state index in [4.69, 9.17) is 5.73 Å². The van der Waals surface area contributed by atoms with Crippen LogP contribution in [0.1, 0.15) is 5.56 Å². The molecule has 0 radical (unpaired) electrons. The Kier molecular flexibility index (Phi) is 2.88. The smallest absolute Gasteiger partial charge is 0.0600 e. The molecule has 1 heterocycles. The molecule has 96 valence electrons. The van der Waals surface area contributed by atoms with Crippen LogP contribution in [0.15, 0.2) is 54.7 Å². The molecule has 0 aliphatic heterocycles. The van der Waals surface area contributed by atoms with Crippen LogP contribution in [0.25, 0.3) is 10.9 Å². The van der Waals surface area contributed by atoms with E-state index in [9.17, 15) is 0 Å². The molecule has 0 fully saturated rings. The summed E-state index contributed by atoms with van der Waals surface area (Å²) in [5, 5.41) is 1.27. The normalized spacial score (nSPS) is 10.8. The Morgan fingerprint density at radius 3 is 2.63 bits per heavy atom. The molecule has 0 spiro atoms. The molecular formula is C16H17N3. The van der Waals surface area contributed by atoms with E-state index >= 15 is 0 Å². The molecular weight excluding hydrogens is 234 g/mol. The number of aromatic amines is 1. The number of H-pyrrole nitrogens is 1. The first kappa shape index (κ1) is 11.7. The van der Waals surface area contributed by atoms with Crippen LogP contribution in [0.2, 0.25) is 0 Å². The second-order valence-corrected chi connectivity index (χ2v) is 4.77. The summed E-state index contributed by atoms with van der Waals surface area (Å²) >= 11 is 0. The highest BCUT2D eigenvalue weighted by Crippen LogP contribution is 2.25. The Morgan fingerprint density at radius 1 is 1.05 bits per heavy atom. The Bertz CT molecular complexity index is 700. The summed E-state index contributed by atoms with van der Waals surface area (Å²) in [7, 11) is 2.06. The lowest BCUT2D eigenvalue weighted by Gasteiger charge is -2.20. The number of fused-ring (bicyclic) bond motifs is 1. The van der Waals surface area contributed by atoms with Gasteiger partial charge in [0.15, 0.2) is 0 Å². The minimum atomic E-state index is 0.810. The SMILES string of the molecule is CN(Cc1c[nH]c2ccccc12)c1ccccc1N. The van der Waals surface area contributed by atoms with Crippen LogP contribution in [-0.4, -0.2) is 12.0 Å². The molecule has 0 aliphatic carbocycles. The number of anilines is 2. The lowest BCUT2D eigenvalue weighted by atomic mass is 10.1. The van der Waals surface area contributed by atoms with Crippen molar-refractivity contribution in [2.24, 2.45) is 0 Å². The maximum Gasteiger partial charge on any atom is 0.0600 e. The van der Waals surface area contributed by atoms with Crippen molar-refractivity contribution in [2.75, 3.05) is 17.7 Å². The fourth-order valence-electron chi connectivity index (χ4n) is 2.44. The number of benzene rings is 2. The number of nitrogens with zero attached hydrogens (tertiary/aromatic N) is 1. The van der Waals surface area contributed by atoms with Gasteiger partial charge >= 0.3 is 0 Å². The van der Waals surface area contributed by atoms with Gasteiger partial charge < -0.3 is 15.6 Å². The third kappa shape index (κ3) is 2.15. The number of nitrogens with one attached hydrogen (secondary N) is 1. The molecule has 0 amide bonds. The first-order valence-corrected chi connectivity index (χ1v) is 6.36. The fourth-order valence-corrected chi connectivity index (χ4v) is 2.44. The molecule has 19 heavy (non-hydrogen) atoms. The summed E-state index contributed by atoms with van der Waals surface area (Å²) in [5.74, 6) is 0. The first-order valence-electron chi connectivity index (χ1n) is 6.36. The van der Waals surface area contributed by atoms with Crippen LogP contribution in [0.4, 0.5) is 11.4 Å². The van der Waals surface area contributed by atoms with Crippen LogP contribution in [0.3, 0.4) is 0 Å². The molecule has 0 atom stereocenters. The monoisotopic (exact) mass is 251 g/mol. The summed E-state index contributed by atoms with van der Waals surface area (Å²) in [4.78, 5) is 5.47. The van der Waals surface area contributed by atoms with E-state index in [1.807, 2.05) is 30.3 Å². The van der Waals surface area contributed by atoms with Gasteiger partial charge in [0.2, 0.25) is 0 Å². The lowest BCUT2D eigenvalue weighted by molar-refractivity contribution is 0.931. The zero-order chi connectivity index (χ0) is 13.2. The van der Waals surface area contributed by atoms with Gasteiger partial charge in [0.25, 0.3) is 0 Å². The predicted octanol–water partition coefficient (Wildman–Crippen LogP) is 3.39. The van der Waals surface area contributed by atoms with Crippen molar-refractivity contribution in [3.05, 3.63) is 60.3 Å². The van der Waals surface area contributed by atoms with Crippen molar-refractivity contribution in [1.82, 2.24) is 4.98 Å². The van der Waals surface area contributed by atoms with E-state index in [0.717, 1.165) is 17.9 Å². The standard InChI is InChI=1S/C16H17N3/c1-19(16-9-5-3-7-14(16)17)11-12-10-18-15-8-4-2-6-13(12)15/h2-10,18H,11,17H2,1H3. The van der Waals surface area contributed by atoms with Crippen LogP contribution in [-0.2, 0) is 6.54 Å². The second kappa shape index (κ2) is 4.69. The van der Waals surface area contributed by atoms with Crippen LogP contribution in [0, 0.1) is 0 Å². The summed E-state index contributed by atoms with van der Waals surface area (Å²) in [6.45, 7) is 0.832. The average Bonchev–Trinajstić information content (AvgIpc) is 2.83. The lowest BCUT2D eigenvalue weighted by Crippen LogP contribution is -2.17. The molecule has 3 heteroatoms. The average molecular weight is 251 g/mol. The number of nitrogens with two attached hydrogens (primary N) is 1. The molecule has 0 bridgehead atoms. The fraction of sp³-hybridized carbons (Fsp3) is 0.125. The third-order valence-corrected chi connectivity index (χ3v) is 3.43. The number of aromatic nitrogens is 1. The number of para-hydroxylation sites is 3. The molecule has 3 rings (SSSR count). The zero-order valence-corrected chi connectivity index (χ0v) is 10.9. The minimum Gasteiger partial charge on any atom is -0.397 e. The van der Waals surface area contributed by atoms with Crippen molar-refractivity contribution in [3.8, 4) is 0 Å². The molecule has 3 N–H and O–H groups in total. The van der Waals surface area contributed by atoms with E-state index in [-0.39, 0.29) is 0 Å². The number of rotatable bonds is 3. The van der Waals surface area contributed by atoms with Gasteiger partial charge in [0, 0.05) is 30.7 Å². The van der Waals surface area contributed by atoms with Crippen LogP contribution < -0.4 is 10.6 Å². The zero-order valence-electron chi connectivity index (χ0n) is 10.9. The van der Waals surface area contributed by atoms with Crippen LogP contribution in [0.5, 0.6) is 0 Å². The van der Waals surface area contributed by atoms with E-state index in [2.05, 4.69) is 41.3 Å². The number of nitrogen functional groups attached to an aromatic ring is 1. The highest BCUT2D eigenvalue weighted by Gasteiger charge is 2.08. The molecule has 0 saturated carbocycles. The van der Waals surface area contributed by atoms with E-state index < -0.39 is 0 Å². The molecule has 3 aromatic rings. The van der Waals surface area contributed by atoms with E-state index in [0.29, 0.717) is 0 Å². The first-order chi connectivity index (χ1) is 9.25. The summed E-state index contributed by atoms with van der Waals surface area (Å²) < 4.78 is 0. The predicted molar refractivity (Wildman–Crippen MR) is 81.3 cm³/mol. The van der Waals surface area contributed by atoms with Gasteiger partial charge in [-0.25, -0.2) is 0 Å². The number of hydrogen-bond acceptors (Lipinski definition) is 2. The number of hydrogen-bond donors (Lipinski definition) is 2.